The summed E-state index contributed by atoms with van der Waals surface area (Å²) < 4.78 is 1.57. The first-order valence-corrected chi connectivity index (χ1v) is 12.9. The van der Waals surface area contributed by atoms with Crippen molar-refractivity contribution in [2.45, 2.75) is 13.3 Å². The van der Waals surface area contributed by atoms with Gasteiger partial charge in [0.05, 0.1) is 21.2 Å². The molecule has 1 aliphatic rings. The molecule has 1 aromatic heterocycles. The normalized spacial score (nSPS) is 13.9. The van der Waals surface area contributed by atoms with Gasteiger partial charge in [-0.1, -0.05) is 66.0 Å². The van der Waals surface area contributed by atoms with E-state index in [4.69, 9.17) is 34.8 Å². The van der Waals surface area contributed by atoms with Crippen LogP contribution in [-0.2, 0) is 4.79 Å². The molecule has 0 spiro atoms. The molecule has 5 nitrogen and oxygen atoms in total. The van der Waals surface area contributed by atoms with Gasteiger partial charge in [-0.15, -0.1) is 0 Å². The Bertz CT molecular complexity index is 1500. The monoisotopic (exact) mass is 539 g/mol. The van der Waals surface area contributed by atoms with Crippen LogP contribution < -0.4 is 10.5 Å². The van der Waals surface area contributed by atoms with Gasteiger partial charge in [-0.25, -0.2) is 0 Å². The first-order chi connectivity index (χ1) is 17.4. The minimum atomic E-state index is -0.238. The number of hydrogen-bond donors (Lipinski definition) is 0. The molecular formula is C28H24Cl3N3O2. The number of pyridine rings is 1. The fourth-order valence-electron chi connectivity index (χ4n) is 4.79. The van der Waals surface area contributed by atoms with E-state index in [2.05, 4.69) is 11.0 Å². The van der Waals surface area contributed by atoms with Crippen molar-refractivity contribution >= 4 is 57.3 Å². The van der Waals surface area contributed by atoms with Gasteiger partial charge in [-0.2, -0.15) is 0 Å². The lowest BCUT2D eigenvalue weighted by atomic mass is 9.98. The SMILES string of the molecule is CCC(=O)N1CCN(c2cc(-c3ccccc3Cl)c3ccc(=O)n(-c4c(Cl)cccc4Cl)c3c2)CC1. The van der Waals surface area contributed by atoms with Crippen molar-refractivity contribution in [2.24, 2.45) is 0 Å². The van der Waals surface area contributed by atoms with Crippen LogP contribution in [0.1, 0.15) is 13.3 Å². The molecule has 36 heavy (non-hydrogen) atoms. The van der Waals surface area contributed by atoms with Crippen molar-refractivity contribution in [3.8, 4) is 16.8 Å². The predicted octanol–water partition coefficient (Wildman–Crippen LogP) is 6.68. The number of hydrogen-bond acceptors (Lipinski definition) is 3. The van der Waals surface area contributed by atoms with Crippen molar-refractivity contribution in [3.05, 3.63) is 92.2 Å². The van der Waals surface area contributed by atoms with Crippen LogP contribution in [0.5, 0.6) is 0 Å². The van der Waals surface area contributed by atoms with Gasteiger partial charge in [0.2, 0.25) is 5.91 Å². The highest BCUT2D eigenvalue weighted by molar-refractivity contribution is 6.38. The molecule has 184 valence electrons. The summed E-state index contributed by atoms with van der Waals surface area (Å²) in [5.74, 6) is 0.159. The third-order valence-corrected chi connectivity index (χ3v) is 7.56. The number of carbonyl (C=O) groups excluding carboxylic acids is 1. The van der Waals surface area contributed by atoms with Crippen LogP contribution in [0.2, 0.25) is 15.1 Å². The van der Waals surface area contributed by atoms with Gasteiger partial charge in [0.25, 0.3) is 5.56 Å². The number of nitrogens with zero attached hydrogens (tertiary/aromatic N) is 3. The Kier molecular flexibility index (Phi) is 6.98. The van der Waals surface area contributed by atoms with E-state index in [-0.39, 0.29) is 11.5 Å². The van der Waals surface area contributed by atoms with Crippen molar-refractivity contribution in [3.63, 3.8) is 0 Å². The molecule has 0 unspecified atom stereocenters. The maximum Gasteiger partial charge on any atom is 0.255 e. The van der Waals surface area contributed by atoms with Crippen LogP contribution in [0.3, 0.4) is 0 Å². The highest BCUT2D eigenvalue weighted by atomic mass is 35.5. The number of para-hydroxylation sites is 1. The molecule has 0 N–H and O–H groups in total. The topological polar surface area (TPSA) is 45.6 Å². The summed E-state index contributed by atoms with van der Waals surface area (Å²) >= 11 is 19.7. The van der Waals surface area contributed by atoms with E-state index in [1.54, 1.807) is 22.8 Å². The van der Waals surface area contributed by atoms with E-state index in [1.807, 2.05) is 48.2 Å². The van der Waals surface area contributed by atoms with E-state index < -0.39 is 0 Å². The lowest BCUT2D eigenvalue weighted by Gasteiger charge is -2.36. The van der Waals surface area contributed by atoms with Gasteiger partial charge in [-0.05, 0) is 42.0 Å². The van der Waals surface area contributed by atoms with E-state index in [0.29, 0.717) is 58.9 Å². The molecule has 0 atom stereocenters. The Balaban J connectivity index is 1.75. The standard InChI is InChI=1S/C28H24Cl3N3O2/c1-2-26(35)33-14-12-32(13-15-33)18-16-21(19-6-3-4-7-22(19)29)20-10-11-27(36)34(25(20)17-18)28-23(30)8-5-9-24(28)31/h3-11,16-17H,2,12-15H2,1H3. The smallest absolute Gasteiger partial charge is 0.255 e. The Morgan fingerprint density at radius 3 is 2.14 bits per heavy atom. The van der Waals surface area contributed by atoms with Crippen molar-refractivity contribution in [2.75, 3.05) is 31.1 Å². The lowest BCUT2D eigenvalue weighted by molar-refractivity contribution is -0.131. The second-order valence-electron chi connectivity index (χ2n) is 8.70. The summed E-state index contributed by atoms with van der Waals surface area (Å²) in [5, 5.41) is 2.23. The molecule has 4 aromatic rings. The van der Waals surface area contributed by atoms with Crippen molar-refractivity contribution < 1.29 is 4.79 Å². The predicted molar refractivity (Wildman–Crippen MR) is 149 cm³/mol. The molecule has 1 saturated heterocycles. The van der Waals surface area contributed by atoms with Crippen LogP contribution in [0.25, 0.3) is 27.7 Å². The van der Waals surface area contributed by atoms with E-state index in [0.717, 1.165) is 22.2 Å². The highest BCUT2D eigenvalue weighted by Gasteiger charge is 2.23. The molecule has 1 fully saturated rings. The number of benzene rings is 3. The van der Waals surface area contributed by atoms with E-state index in [1.165, 1.54) is 6.07 Å². The summed E-state index contributed by atoms with van der Waals surface area (Å²) in [6.07, 6.45) is 0.498. The van der Waals surface area contributed by atoms with E-state index >= 15 is 0 Å². The number of halogens is 3. The summed E-state index contributed by atoms with van der Waals surface area (Å²) in [6.45, 7) is 4.54. The molecule has 1 amide bonds. The van der Waals surface area contributed by atoms with E-state index in [9.17, 15) is 9.59 Å². The number of fused-ring (bicyclic) bond motifs is 1. The third kappa shape index (κ3) is 4.47. The molecule has 2 heterocycles. The summed E-state index contributed by atoms with van der Waals surface area (Å²) in [7, 11) is 0. The second kappa shape index (κ2) is 10.2. The van der Waals surface area contributed by atoms with Gasteiger partial charge >= 0.3 is 0 Å². The molecular weight excluding hydrogens is 517 g/mol. The van der Waals surface area contributed by atoms with Crippen LogP contribution in [0, 0.1) is 0 Å². The number of anilines is 1. The fourth-order valence-corrected chi connectivity index (χ4v) is 5.59. The fraction of sp³-hybridized carbons (Fsp3) is 0.214. The zero-order valence-corrected chi connectivity index (χ0v) is 21.9. The first kappa shape index (κ1) is 24.7. The Hall–Kier alpha value is -2.99. The molecule has 0 radical (unpaired) electrons. The van der Waals surface area contributed by atoms with Crippen molar-refractivity contribution in [1.82, 2.24) is 9.47 Å². The number of aromatic nitrogens is 1. The molecule has 0 saturated carbocycles. The molecule has 0 bridgehead atoms. The summed E-state index contributed by atoms with van der Waals surface area (Å²) in [6, 6.07) is 20.3. The molecule has 1 aliphatic heterocycles. The average Bonchev–Trinajstić information content (AvgIpc) is 2.89. The number of piperazine rings is 1. The maximum atomic E-state index is 13.3. The number of amides is 1. The van der Waals surface area contributed by atoms with Gasteiger partial charge < -0.3 is 9.80 Å². The summed E-state index contributed by atoms with van der Waals surface area (Å²) in [4.78, 5) is 29.6. The number of carbonyl (C=O) groups is 1. The van der Waals surface area contributed by atoms with Crippen LogP contribution in [0.4, 0.5) is 5.69 Å². The molecule has 3 aromatic carbocycles. The Labute approximate surface area is 224 Å². The minimum Gasteiger partial charge on any atom is -0.368 e. The quantitative estimate of drug-likeness (QED) is 0.290. The zero-order valence-electron chi connectivity index (χ0n) is 19.7. The van der Waals surface area contributed by atoms with Crippen molar-refractivity contribution in [1.29, 1.82) is 0 Å². The molecule has 8 heteroatoms. The Morgan fingerprint density at radius 2 is 1.47 bits per heavy atom. The first-order valence-electron chi connectivity index (χ1n) is 11.8. The third-order valence-electron chi connectivity index (χ3n) is 6.62. The maximum absolute atomic E-state index is 13.3. The average molecular weight is 541 g/mol. The van der Waals surface area contributed by atoms with Gasteiger partial charge in [0.15, 0.2) is 0 Å². The van der Waals surface area contributed by atoms with Crippen LogP contribution >= 0.6 is 34.8 Å². The zero-order chi connectivity index (χ0) is 25.4. The van der Waals surface area contributed by atoms with Crippen LogP contribution in [0.15, 0.2) is 71.5 Å². The number of rotatable bonds is 4. The van der Waals surface area contributed by atoms with Gasteiger partial charge in [0, 0.05) is 60.3 Å². The minimum absolute atomic E-state index is 0.159. The van der Waals surface area contributed by atoms with Gasteiger partial charge in [-0.3, -0.25) is 14.2 Å². The largest absolute Gasteiger partial charge is 0.368 e. The summed E-state index contributed by atoms with van der Waals surface area (Å²) in [5.41, 5.74) is 3.58. The second-order valence-corrected chi connectivity index (χ2v) is 9.93. The lowest BCUT2D eigenvalue weighted by Crippen LogP contribution is -2.48. The van der Waals surface area contributed by atoms with Crippen LogP contribution in [-0.4, -0.2) is 41.6 Å². The molecule has 0 aliphatic carbocycles. The Morgan fingerprint density at radius 1 is 0.806 bits per heavy atom. The van der Waals surface area contributed by atoms with Gasteiger partial charge in [0.1, 0.15) is 0 Å². The highest BCUT2D eigenvalue weighted by Crippen LogP contribution is 2.38. The molecule has 5 rings (SSSR count).